The van der Waals surface area contributed by atoms with Crippen molar-refractivity contribution in [2.45, 2.75) is 70.1 Å². The van der Waals surface area contributed by atoms with Crippen molar-refractivity contribution in [3.63, 3.8) is 0 Å². The third-order valence-electron chi connectivity index (χ3n) is 12.8. The van der Waals surface area contributed by atoms with Crippen LogP contribution >= 0.6 is 0 Å². The number of hydrogen-bond donors (Lipinski definition) is 5. The molecule has 4 amide bonds. The van der Waals surface area contributed by atoms with Crippen LogP contribution in [0.15, 0.2) is 85.2 Å². The van der Waals surface area contributed by atoms with Gasteiger partial charge in [-0.15, -0.1) is 0 Å². The summed E-state index contributed by atoms with van der Waals surface area (Å²) in [5, 5.41) is 8.86. The van der Waals surface area contributed by atoms with Gasteiger partial charge in [0.2, 0.25) is 11.8 Å². The van der Waals surface area contributed by atoms with Gasteiger partial charge < -0.3 is 45.2 Å². The van der Waals surface area contributed by atoms with Crippen molar-refractivity contribution >= 4 is 68.8 Å². The molecule has 4 aliphatic rings. The Morgan fingerprint density at radius 1 is 0.825 bits per heavy atom. The molecular weight excluding hydrogens is 801 g/mol. The molecule has 0 aliphatic carbocycles. The van der Waals surface area contributed by atoms with Crippen LogP contribution < -0.4 is 25.8 Å². The summed E-state index contributed by atoms with van der Waals surface area (Å²) in [4.78, 5) is 75.0. The number of H-pyrrole nitrogens is 2. The molecule has 0 radical (unpaired) electrons. The number of amides is 4. The Bertz CT molecular complexity index is 2850. The van der Waals surface area contributed by atoms with Crippen LogP contribution in [0.2, 0.25) is 0 Å². The highest BCUT2D eigenvalue weighted by molar-refractivity contribution is 6.02. The molecule has 0 saturated carbocycles. The summed E-state index contributed by atoms with van der Waals surface area (Å²) in [6.07, 6.45) is 5.95. The molecule has 4 aromatic carbocycles. The summed E-state index contributed by atoms with van der Waals surface area (Å²) in [5.74, 6) is 0.939. The van der Waals surface area contributed by atoms with E-state index >= 15 is 0 Å². The van der Waals surface area contributed by atoms with E-state index in [0.717, 1.165) is 79.9 Å². The normalized spacial score (nSPS) is 19.5. The molecule has 4 atom stereocenters. The fourth-order valence-corrected chi connectivity index (χ4v) is 9.61. The highest BCUT2D eigenvalue weighted by Crippen LogP contribution is 2.45. The molecule has 10 rings (SSSR count). The summed E-state index contributed by atoms with van der Waals surface area (Å²) in [7, 11) is 2.59. The molecule has 0 unspecified atom stereocenters. The number of carbonyl (C=O) groups is 4. The minimum Gasteiger partial charge on any atom is -0.453 e. The Morgan fingerprint density at radius 2 is 1.54 bits per heavy atom. The van der Waals surface area contributed by atoms with E-state index in [2.05, 4.69) is 79.3 Å². The second kappa shape index (κ2) is 15.8. The molecule has 0 spiro atoms. The van der Waals surface area contributed by atoms with Gasteiger partial charge >= 0.3 is 12.2 Å². The van der Waals surface area contributed by atoms with Crippen LogP contribution in [0.1, 0.15) is 68.0 Å². The number of rotatable bonds is 8. The average Bonchev–Trinajstić information content (AvgIpc) is 4.11. The second-order valence-electron chi connectivity index (χ2n) is 16.9. The van der Waals surface area contributed by atoms with Crippen LogP contribution in [0.5, 0.6) is 0 Å². The highest BCUT2D eigenvalue weighted by Gasteiger charge is 2.43. The lowest BCUT2D eigenvalue weighted by Crippen LogP contribution is -2.51. The number of aromatic nitrogens is 4. The molecule has 63 heavy (non-hydrogen) atoms. The van der Waals surface area contributed by atoms with Crippen LogP contribution in [-0.4, -0.2) is 81.7 Å². The van der Waals surface area contributed by atoms with Crippen LogP contribution in [0.4, 0.5) is 32.3 Å². The monoisotopic (exact) mass is 848 g/mol. The largest absolute Gasteiger partial charge is 0.453 e. The predicted molar refractivity (Wildman–Crippen MR) is 238 cm³/mol. The summed E-state index contributed by atoms with van der Waals surface area (Å²) in [5.41, 5.74) is 11.2. The van der Waals surface area contributed by atoms with Crippen LogP contribution in [-0.2, 0) is 31.9 Å². The van der Waals surface area contributed by atoms with Crippen LogP contribution in [0, 0.1) is 5.92 Å². The van der Waals surface area contributed by atoms with Gasteiger partial charge in [-0.05, 0) is 96.3 Å². The fourth-order valence-electron chi connectivity index (χ4n) is 9.61. The van der Waals surface area contributed by atoms with Gasteiger partial charge in [-0.3, -0.25) is 14.5 Å². The first kappa shape index (κ1) is 39.8. The van der Waals surface area contributed by atoms with Gasteiger partial charge in [0.25, 0.3) is 0 Å². The Morgan fingerprint density at radius 3 is 2.32 bits per heavy atom. The number of likely N-dealkylation sites (tertiary alicyclic amines) is 1. The van der Waals surface area contributed by atoms with E-state index in [9.17, 15) is 19.2 Å². The Kier molecular flexibility index (Phi) is 9.99. The van der Waals surface area contributed by atoms with E-state index in [1.54, 1.807) is 0 Å². The number of benzene rings is 4. The number of aryl methyl sites for hydroxylation is 1. The Balaban J connectivity index is 0.916. The van der Waals surface area contributed by atoms with E-state index in [1.165, 1.54) is 14.2 Å². The van der Waals surface area contributed by atoms with Gasteiger partial charge in [-0.1, -0.05) is 44.2 Å². The zero-order valence-corrected chi connectivity index (χ0v) is 35.4. The van der Waals surface area contributed by atoms with Crippen molar-refractivity contribution in [1.29, 1.82) is 0 Å². The third-order valence-corrected chi connectivity index (χ3v) is 12.8. The van der Waals surface area contributed by atoms with Gasteiger partial charge in [0.1, 0.15) is 23.7 Å². The lowest BCUT2D eigenvalue weighted by Gasteiger charge is -2.29. The van der Waals surface area contributed by atoms with Crippen molar-refractivity contribution in [2.24, 2.45) is 5.92 Å². The zero-order valence-electron chi connectivity index (χ0n) is 35.4. The van der Waals surface area contributed by atoms with E-state index in [0.29, 0.717) is 37.5 Å². The molecule has 6 aromatic rings. The molecule has 2 aromatic heterocycles. The molecule has 6 heterocycles. The number of methoxy groups -OCH3 is 2. The maximum atomic E-state index is 14.1. The number of nitrogens with zero attached hydrogens (tertiary/aromatic N) is 5. The smallest absolute Gasteiger partial charge is 0.407 e. The number of para-hydroxylation sites is 1. The first-order valence-corrected chi connectivity index (χ1v) is 21.4. The molecule has 5 N–H and O–H groups in total. The molecule has 0 bridgehead atoms. The first-order chi connectivity index (χ1) is 30.6. The maximum absolute atomic E-state index is 14.1. The fraction of sp³-hybridized carbons (Fsp3) is 0.319. The molecular formula is C47H48N10O6. The van der Waals surface area contributed by atoms with E-state index in [-0.39, 0.29) is 29.8 Å². The number of imidazole rings is 2. The van der Waals surface area contributed by atoms with E-state index < -0.39 is 24.3 Å². The third kappa shape index (κ3) is 7.04. The van der Waals surface area contributed by atoms with E-state index in [1.807, 2.05) is 60.3 Å². The van der Waals surface area contributed by atoms with Crippen molar-refractivity contribution in [1.82, 2.24) is 35.5 Å². The van der Waals surface area contributed by atoms with Crippen LogP contribution in [0.3, 0.4) is 0 Å². The van der Waals surface area contributed by atoms with Crippen molar-refractivity contribution in [3.05, 3.63) is 108 Å². The summed E-state index contributed by atoms with van der Waals surface area (Å²) >= 11 is 0. The average molecular weight is 849 g/mol. The number of hydrogen-bond acceptors (Lipinski definition) is 10. The Hall–Kier alpha value is -7.36. The second-order valence-corrected chi connectivity index (χ2v) is 16.9. The predicted octanol–water partition coefficient (Wildman–Crippen LogP) is 7.49. The Labute approximate surface area is 363 Å². The van der Waals surface area contributed by atoms with Gasteiger partial charge in [-0.25, -0.2) is 19.6 Å². The molecule has 1 fully saturated rings. The van der Waals surface area contributed by atoms with Gasteiger partial charge in [-0.2, -0.15) is 0 Å². The first-order valence-electron chi connectivity index (χ1n) is 21.4. The lowest BCUT2D eigenvalue weighted by molar-refractivity contribution is -0.135. The number of carbonyl (C=O) groups excluding carboxylic acids is 4. The highest BCUT2D eigenvalue weighted by atomic mass is 16.5. The number of nitrogens with one attached hydrogen (secondary N) is 5. The van der Waals surface area contributed by atoms with Gasteiger partial charge in [0, 0.05) is 31.1 Å². The summed E-state index contributed by atoms with van der Waals surface area (Å²) in [6, 6.07) is 22.7. The number of aromatic amines is 2. The number of anilines is 4. The van der Waals surface area contributed by atoms with E-state index in [4.69, 9.17) is 19.4 Å². The molecule has 322 valence electrons. The summed E-state index contributed by atoms with van der Waals surface area (Å²) < 4.78 is 9.65. The minimum absolute atomic E-state index is 0.126. The summed E-state index contributed by atoms with van der Waals surface area (Å²) in [6.45, 7) is 4.38. The number of alkyl carbamates (subject to hydrolysis) is 2. The van der Waals surface area contributed by atoms with Crippen molar-refractivity contribution in [3.8, 4) is 11.1 Å². The quantitative estimate of drug-likeness (QED) is 0.103. The molecule has 1 saturated heterocycles. The topological polar surface area (TPSA) is 190 Å². The van der Waals surface area contributed by atoms with Gasteiger partial charge in [0.05, 0.1) is 65.4 Å². The lowest BCUT2D eigenvalue weighted by atomic mass is 10.0. The molecule has 4 aliphatic heterocycles. The maximum Gasteiger partial charge on any atom is 0.407 e. The number of fused-ring (bicyclic) bond motifs is 3. The number of ether oxygens (including phenoxy) is 2. The van der Waals surface area contributed by atoms with Crippen molar-refractivity contribution < 1.29 is 28.7 Å². The molecule has 16 heteroatoms. The zero-order chi connectivity index (χ0) is 43.5. The van der Waals surface area contributed by atoms with Gasteiger partial charge in [0.15, 0.2) is 0 Å². The van der Waals surface area contributed by atoms with Crippen molar-refractivity contribution in [2.75, 3.05) is 35.9 Å². The molecule has 16 nitrogen and oxygen atoms in total. The van der Waals surface area contributed by atoms with Crippen LogP contribution in [0.25, 0.3) is 33.2 Å². The standard InChI is InChI=1S/C47H48N10O6/c1-25(2)40(54-47(61)63-4)45(59)56-19-6-9-37(56)42-49-32-17-13-30(24-36(32)52-42)55-20-18-48-33-15-12-28(22-38(33)55)27-11-14-31-35(21-27)51-43(50-31)39-23-29-8-5-7-26-10-16-34(53-46(60)62-3)44(58)57(39)41(26)29/h5,7-8,11-15,17-18,20-22,24-25,34,37,39-40,48H,6,9-10,16,19,23H2,1-4H3,(H,49,52)(H,50,51)(H,53,60)(H,54,61)/t34-,37-,39-,40-/m0/s1. The minimum atomic E-state index is -0.719. The SMILES string of the molecule is COC(=O)N[C@H]1CCc2cccc3c2N(C1=O)[C@H](c1nc2ccc(-c4ccc5c(c4)N(c4ccc6nc([C@@H]7CCCN7C(=O)[C@@H](NC(=O)OC)C(C)C)[nH]c6c4)C=CN5)cc2[nH]1)C3.